The third-order valence-corrected chi connectivity index (χ3v) is 13.7. The van der Waals surface area contributed by atoms with Gasteiger partial charge in [0, 0.05) is 0 Å². The minimum absolute atomic E-state index is 0.00923. The number of imidazole rings is 1. The molecular formula is C48H66AsFN5O8P. The van der Waals surface area contributed by atoms with Crippen molar-refractivity contribution in [3.05, 3.63) is 78.6 Å². The molecule has 348 valence electrons. The predicted molar refractivity (Wildman–Crippen MR) is 248 cm³/mol. The third kappa shape index (κ3) is 15.2. The number of esters is 2. The second-order valence-electron chi connectivity index (χ2n) is 16.5. The van der Waals surface area contributed by atoms with Gasteiger partial charge in [-0.05, 0) is 37.0 Å². The molecule has 3 heterocycles. The summed E-state index contributed by atoms with van der Waals surface area (Å²) in [6.07, 6.45) is 20.0. The van der Waals surface area contributed by atoms with Crippen molar-refractivity contribution in [2.45, 2.75) is 166 Å². The van der Waals surface area contributed by atoms with E-state index < -0.39 is 56.3 Å². The number of para-hydroxylation sites is 1. The first-order valence-electron chi connectivity index (χ1n) is 23.0. The number of fused-ring (bicyclic) bond motifs is 1. The summed E-state index contributed by atoms with van der Waals surface area (Å²) in [6, 6.07) is 16.5. The van der Waals surface area contributed by atoms with Gasteiger partial charge in [0.1, 0.15) is 6.10 Å². The molecule has 2 unspecified atom stereocenters. The zero-order chi connectivity index (χ0) is 45.8. The number of terminal acetylenes is 1. The van der Waals surface area contributed by atoms with E-state index in [1.54, 1.807) is 30.3 Å². The SMILES string of the molecule is C#C[C@]1(CO[P@@](=O)(NC(Cc2ccccc2)C(=O)OC(CCC)CCC)Oc2ccccc2)O[C@@H](n2cnc3c([AsH2])nc(F)nc32)C[C@@H]1OC(=O)CCCCCCCCCCCCC. The van der Waals surface area contributed by atoms with Crippen molar-refractivity contribution in [3.63, 3.8) is 0 Å². The fourth-order valence-corrected chi connectivity index (χ4v) is 10.1. The molecule has 2 aromatic carbocycles. The molecule has 2 aromatic heterocycles. The maximum absolute atomic E-state index is 15.2. The summed E-state index contributed by atoms with van der Waals surface area (Å²) in [5.74, 6) is 1.75. The van der Waals surface area contributed by atoms with Crippen LogP contribution < -0.4 is 14.1 Å². The molecule has 0 amide bonds. The maximum atomic E-state index is 15.2. The van der Waals surface area contributed by atoms with E-state index in [1.165, 1.54) is 55.8 Å². The van der Waals surface area contributed by atoms with Gasteiger partial charge >= 0.3 is 196 Å². The molecule has 6 atom stereocenters. The molecule has 0 saturated carbocycles. The molecule has 1 saturated heterocycles. The molecule has 1 fully saturated rings. The van der Waals surface area contributed by atoms with Crippen molar-refractivity contribution < 1.29 is 41.8 Å². The van der Waals surface area contributed by atoms with Crippen molar-refractivity contribution in [1.82, 2.24) is 24.6 Å². The predicted octanol–water partition coefficient (Wildman–Crippen LogP) is 9.04. The van der Waals surface area contributed by atoms with E-state index >= 15 is 4.57 Å². The van der Waals surface area contributed by atoms with E-state index in [9.17, 15) is 14.0 Å². The van der Waals surface area contributed by atoms with E-state index in [1.807, 2.05) is 44.2 Å². The fraction of sp³-hybridized carbons (Fsp3) is 0.562. The van der Waals surface area contributed by atoms with Crippen molar-refractivity contribution in [2.24, 2.45) is 0 Å². The van der Waals surface area contributed by atoms with Crippen molar-refractivity contribution in [2.75, 3.05) is 6.61 Å². The third-order valence-electron chi connectivity index (χ3n) is 11.3. The molecule has 0 bridgehead atoms. The number of ether oxygens (including phenoxy) is 3. The van der Waals surface area contributed by atoms with Gasteiger partial charge in [0.05, 0.1) is 0 Å². The number of nitrogens with one attached hydrogen (secondary N) is 1. The molecular weight excluding hydrogens is 899 g/mol. The molecule has 64 heavy (non-hydrogen) atoms. The van der Waals surface area contributed by atoms with Crippen LogP contribution in [0.2, 0.25) is 0 Å². The standard InChI is InChI=1S/C48H66AsFN5O8P/c1-5-9-10-11-12-13-14-15-16-17-24-31-42(56)61-40-33-41(55-35-51-43-44(49)52-47(50)53-45(43)55)62-48(40,8-4)34-59-64(58,63-38-29-22-19-23-30-38)54-39(32-36-27-20-18-21-28-36)46(57)60-37(25-6-2)26-7-3/h4,18-23,27-30,35,37,39-41H,5-7,9-17,24-26,31-34,49H2,1-3H3,(H,54,58)/t39?,40-,41+,48+,64-/m0/s1. The molecule has 1 aliphatic rings. The van der Waals surface area contributed by atoms with Gasteiger partial charge in [-0.2, -0.15) is 0 Å². The summed E-state index contributed by atoms with van der Waals surface area (Å²) in [4.78, 5) is 39.9. The quantitative estimate of drug-likeness (QED) is 0.0138. The van der Waals surface area contributed by atoms with Gasteiger partial charge in [0.2, 0.25) is 0 Å². The van der Waals surface area contributed by atoms with Crippen molar-refractivity contribution in [3.8, 4) is 18.1 Å². The van der Waals surface area contributed by atoms with E-state index in [0.717, 1.165) is 54.5 Å². The average Bonchev–Trinajstić information content (AvgIpc) is 3.87. The normalized spacial score (nSPS) is 18.7. The van der Waals surface area contributed by atoms with Gasteiger partial charge in [0.25, 0.3) is 0 Å². The van der Waals surface area contributed by atoms with Crippen LogP contribution in [-0.4, -0.2) is 78.8 Å². The summed E-state index contributed by atoms with van der Waals surface area (Å²) >= 11 is 1.07. The van der Waals surface area contributed by atoms with Crippen LogP contribution in [-0.2, 0) is 39.3 Å². The Morgan fingerprint density at radius 1 is 0.938 bits per heavy atom. The van der Waals surface area contributed by atoms with Gasteiger partial charge in [-0.3, -0.25) is 4.79 Å². The molecule has 13 nitrogen and oxygen atoms in total. The smallest absolute Gasteiger partial charge is 0.0654 e. The van der Waals surface area contributed by atoms with Gasteiger partial charge in [-0.25, -0.2) is 0 Å². The molecule has 1 N–H and O–H groups in total. The van der Waals surface area contributed by atoms with Crippen LogP contribution in [0.15, 0.2) is 67.0 Å². The van der Waals surface area contributed by atoms with E-state index in [4.69, 9.17) is 29.7 Å². The number of carbonyl (C=O) groups excluding carboxylic acids is 2. The molecule has 1 aliphatic heterocycles. The fourth-order valence-electron chi connectivity index (χ4n) is 7.89. The number of halogens is 1. The number of hydrogen-bond donors (Lipinski definition) is 1. The Morgan fingerprint density at radius 3 is 2.19 bits per heavy atom. The van der Waals surface area contributed by atoms with Gasteiger partial charge in [-0.1, -0.05) is 140 Å². The first-order valence-corrected chi connectivity index (χ1v) is 25.8. The number of unbranched alkanes of at least 4 members (excludes halogenated alkanes) is 10. The van der Waals surface area contributed by atoms with Gasteiger partial charge < -0.3 is 4.74 Å². The molecule has 0 aliphatic carbocycles. The monoisotopic (exact) mass is 965 g/mol. The summed E-state index contributed by atoms with van der Waals surface area (Å²) in [7, 11) is -4.56. The Hall–Kier alpha value is -4.11. The topological polar surface area (TPSA) is 153 Å². The first kappa shape index (κ1) is 50.9. The summed E-state index contributed by atoms with van der Waals surface area (Å²) in [5.41, 5.74) is -0.505. The van der Waals surface area contributed by atoms with Gasteiger partial charge in [-0.15, -0.1) is 0 Å². The minimum Gasteiger partial charge on any atom is -0.0654 e. The second kappa shape index (κ2) is 26.1. The van der Waals surface area contributed by atoms with Crippen LogP contribution in [0.3, 0.4) is 0 Å². The Bertz CT molecular complexity index is 2140. The molecule has 4 aromatic rings. The van der Waals surface area contributed by atoms with E-state index in [0.29, 0.717) is 29.3 Å². The average molecular weight is 966 g/mol. The number of aromatic nitrogens is 4. The summed E-state index contributed by atoms with van der Waals surface area (Å²) < 4.78 is 62.7. The number of hydrogen-bond acceptors (Lipinski definition) is 11. The van der Waals surface area contributed by atoms with Crippen LogP contribution in [0, 0.1) is 18.4 Å². The molecule has 16 heteroatoms. The Morgan fingerprint density at radius 2 is 1.56 bits per heavy atom. The zero-order valence-electron chi connectivity index (χ0n) is 37.6. The number of benzene rings is 2. The Balaban J connectivity index is 1.38. The van der Waals surface area contributed by atoms with Gasteiger partial charge in [0.15, 0.2) is 0 Å². The number of nitrogens with zero attached hydrogens (tertiary/aromatic N) is 4. The van der Waals surface area contributed by atoms with Crippen molar-refractivity contribution >= 4 is 52.2 Å². The number of rotatable bonds is 29. The molecule has 0 spiro atoms. The Labute approximate surface area is 386 Å². The van der Waals surface area contributed by atoms with Crippen molar-refractivity contribution in [1.29, 1.82) is 0 Å². The van der Waals surface area contributed by atoms with E-state index in [2.05, 4.69) is 32.9 Å². The molecule has 5 rings (SSSR count). The summed E-state index contributed by atoms with van der Waals surface area (Å²) in [5, 5.41) is 2.91. The zero-order valence-corrected chi connectivity index (χ0v) is 40.9. The number of carbonyl (C=O) groups is 2. The van der Waals surface area contributed by atoms with Crippen LogP contribution in [0.25, 0.3) is 11.2 Å². The first-order chi connectivity index (χ1) is 31.0. The van der Waals surface area contributed by atoms with E-state index in [-0.39, 0.29) is 36.8 Å². The van der Waals surface area contributed by atoms with Crippen LogP contribution in [0.4, 0.5) is 4.39 Å². The van der Waals surface area contributed by atoms with Crippen LogP contribution in [0.5, 0.6) is 5.75 Å². The minimum atomic E-state index is -4.56. The van der Waals surface area contributed by atoms with Crippen LogP contribution >= 0.6 is 7.75 Å². The van der Waals surface area contributed by atoms with Crippen LogP contribution in [0.1, 0.15) is 142 Å². The Kier molecular flexibility index (Phi) is 20.8. The molecule has 0 radical (unpaired) electrons. The summed E-state index contributed by atoms with van der Waals surface area (Å²) in [6.45, 7) is 5.66. The second-order valence-corrected chi connectivity index (χ2v) is 19.3.